The van der Waals surface area contributed by atoms with Crippen molar-refractivity contribution >= 4 is 35.0 Å². The molecule has 0 aliphatic heterocycles. The van der Waals surface area contributed by atoms with Gasteiger partial charge in [-0.2, -0.15) is 0 Å². The van der Waals surface area contributed by atoms with E-state index in [1.54, 1.807) is 6.07 Å². The normalized spacial score (nSPS) is 13.2. The largest absolute Gasteiger partial charge is 0.453 e. The summed E-state index contributed by atoms with van der Waals surface area (Å²) in [7, 11) is 0. The van der Waals surface area contributed by atoms with Gasteiger partial charge in [0, 0.05) is 5.56 Å². The lowest BCUT2D eigenvalue weighted by molar-refractivity contribution is 0.0469. The van der Waals surface area contributed by atoms with Crippen molar-refractivity contribution in [1.82, 2.24) is 4.98 Å². The van der Waals surface area contributed by atoms with Gasteiger partial charge in [-0.3, -0.25) is 4.79 Å². The zero-order valence-corrected chi connectivity index (χ0v) is 14.4. The van der Waals surface area contributed by atoms with Crippen LogP contribution in [0.1, 0.15) is 44.8 Å². The molecular weight excluding hydrogens is 349 g/mol. The minimum Gasteiger partial charge on any atom is -0.453 e. The zero-order valence-electron chi connectivity index (χ0n) is 12.9. The van der Waals surface area contributed by atoms with E-state index in [9.17, 15) is 9.59 Å². The average Bonchev–Trinajstić information content (AvgIpc) is 2.61. The molecule has 0 spiro atoms. The standard InChI is InChI=1S/C18H15Cl2NO3/c19-14-7-8-16(20)21-17(14)18(23)24-10-15(22)13-6-5-11-3-1-2-4-12(11)9-13/h5-9H,1-4,10H2. The molecule has 2 aromatic rings. The van der Waals surface area contributed by atoms with Gasteiger partial charge in [0.15, 0.2) is 18.1 Å². The number of pyridine rings is 1. The smallest absolute Gasteiger partial charge is 0.359 e. The average molecular weight is 364 g/mol. The highest BCUT2D eigenvalue weighted by Crippen LogP contribution is 2.22. The van der Waals surface area contributed by atoms with Crippen LogP contribution >= 0.6 is 23.2 Å². The third-order valence-electron chi connectivity index (χ3n) is 4.01. The molecule has 0 atom stereocenters. The predicted molar refractivity (Wildman–Crippen MR) is 92.0 cm³/mol. The van der Waals surface area contributed by atoms with Crippen LogP contribution in [0.5, 0.6) is 0 Å². The van der Waals surface area contributed by atoms with Crippen molar-refractivity contribution in [3.63, 3.8) is 0 Å². The first kappa shape index (κ1) is 16.9. The maximum Gasteiger partial charge on any atom is 0.359 e. The number of ketones is 1. The second-order valence-corrected chi connectivity index (χ2v) is 6.45. The number of carbonyl (C=O) groups excluding carboxylic acids is 2. The fourth-order valence-corrected chi connectivity index (χ4v) is 3.08. The number of esters is 1. The van der Waals surface area contributed by atoms with Crippen molar-refractivity contribution < 1.29 is 14.3 Å². The highest BCUT2D eigenvalue weighted by molar-refractivity contribution is 6.34. The Bertz CT molecular complexity index is 805. The Morgan fingerprint density at radius 2 is 1.79 bits per heavy atom. The molecule has 3 rings (SSSR count). The summed E-state index contributed by atoms with van der Waals surface area (Å²) in [5.41, 5.74) is 2.96. The number of benzene rings is 1. The molecule has 1 aliphatic carbocycles. The number of Topliss-reactive ketones (excluding diaryl/α,β-unsaturated/α-hetero) is 1. The van der Waals surface area contributed by atoms with Gasteiger partial charge in [0.25, 0.3) is 0 Å². The Morgan fingerprint density at radius 1 is 1.04 bits per heavy atom. The molecule has 24 heavy (non-hydrogen) atoms. The van der Waals surface area contributed by atoms with Crippen LogP contribution < -0.4 is 0 Å². The van der Waals surface area contributed by atoms with Crippen molar-refractivity contribution in [2.75, 3.05) is 6.61 Å². The predicted octanol–water partition coefficient (Wildman–Crippen LogP) is 4.31. The van der Waals surface area contributed by atoms with Gasteiger partial charge >= 0.3 is 5.97 Å². The van der Waals surface area contributed by atoms with Crippen LogP contribution in [0.15, 0.2) is 30.3 Å². The van der Waals surface area contributed by atoms with Crippen molar-refractivity contribution in [3.8, 4) is 0 Å². The summed E-state index contributed by atoms with van der Waals surface area (Å²) in [4.78, 5) is 28.1. The number of carbonyl (C=O) groups is 2. The van der Waals surface area contributed by atoms with Crippen molar-refractivity contribution in [2.45, 2.75) is 25.7 Å². The van der Waals surface area contributed by atoms with Gasteiger partial charge in [-0.25, -0.2) is 9.78 Å². The Balaban J connectivity index is 1.67. The summed E-state index contributed by atoms with van der Waals surface area (Å²) < 4.78 is 5.03. The molecule has 124 valence electrons. The molecule has 0 saturated carbocycles. The summed E-state index contributed by atoms with van der Waals surface area (Å²) in [6, 6.07) is 8.59. The fourth-order valence-electron chi connectivity index (χ4n) is 2.75. The number of aryl methyl sites for hydroxylation is 2. The molecule has 6 heteroatoms. The van der Waals surface area contributed by atoms with Gasteiger partial charge in [-0.15, -0.1) is 0 Å². The number of aromatic nitrogens is 1. The summed E-state index contributed by atoms with van der Waals surface area (Å²) in [6.45, 7) is -0.359. The number of rotatable bonds is 4. The lowest BCUT2D eigenvalue weighted by Crippen LogP contribution is -2.16. The van der Waals surface area contributed by atoms with Crippen LogP contribution in [0.4, 0.5) is 0 Å². The van der Waals surface area contributed by atoms with E-state index in [-0.39, 0.29) is 28.3 Å². The van der Waals surface area contributed by atoms with Gasteiger partial charge in [0.05, 0.1) is 5.02 Å². The van der Waals surface area contributed by atoms with Gasteiger partial charge in [0.1, 0.15) is 5.15 Å². The van der Waals surface area contributed by atoms with Gasteiger partial charge in [-0.05, 0) is 55.0 Å². The number of ether oxygens (including phenoxy) is 1. The summed E-state index contributed by atoms with van der Waals surface area (Å²) >= 11 is 11.6. The second kappa shape index (κ2) is 7.32. The number of halogens is 2. The highest BCUT2D eigenvalue weighted by Gasteiger charge is 2.18. The second-order valence-electron chi connectivity index (χ2n) is 5.65. The molecular formula is C18H15Cl2NO3. The number of hydrogen-bond donors (Lipinski definition) is 0. The van der Waals surface area contributed by atoms with Crippen molar-refractivity contribution in [3.05, 3.63) is 62.9 Å². The first-order valence-electron chi connectivity index (χ1n) is 7.69. The lowest BCUT2D eigenvalue weighted by Gasteiger charge is -2.16. The van der Waals surface area contributed by atoms with E-state index in [1.807, 2.05) is 12.1 Å². The van der Waals surface area contributed by atoms with Crippen LogP contribution in [0.3, 0.4) is 0 Å². The quantitative estimate of drug-likeness (QED) is 0.461. The van der Waals surface area contributed by atoms with E-state index in [0.717, 1.165) is 19.3 Å². The van der Waals surface area contributed by atoms with E-state index in [2.05, 4.69) is 4.98 Å². The van der Waals surface area contributed by atoms with Crippen LogP contribution in [0.2, 0.25) is 10.2 Å². The van der Waals surface area contributed by atoms with Crippen molar-refractivity contribution in [2.24, 2.45) is 0 Å². The Kier molecular flexibility index (Phi) is 5.17. The SMILES string of the molecule is O=C(COC(=O)c1nc(Cl)ccc1Cl)c1ccc2c(c1)CCCC2. The molecule has 1 aliphatic rings. The number of hydrogen-bond acceptors (Lipinski definition) is 4. The maximum absolute atomic E-state index is 12.3. The first-order valence-corrected chi connectivity index (χ1v) is 8.44. The molecule has 0 radical (unpaired) electrons. The molecule has 0 N–H and O–H groups in total. The van der Waals surface area contributed by atoms with Gasteiger partial charge in [-0.1, -0.05) is 35.3 Å². The van der Waals surface area contributed by atoms with E-state index in [1.165, 1.54) is 29.7 Å². The summed E-state index contributed by atoms with van der Waals surface area (Å²) in [5, 5.41) is 0.262. The number of nitrogens with zero attached hydrogens (tertiary/aromatic N) is 1. The number of fused-ring (bicyclic) bond motifs is 1. The lowest BCUT2D eigenvalue weighted by atomic mass is 9.90. The monoisotopic (exact) mass is 363 g/mol. The molecule has 1 heterocycles. The topological polar surface area (TPSA) is 56.3 Å². The first-order chi connectivity index (χ1) is 11.5. The van der Waals surface area contributed by atoms with E-state index < -0.39 is 5.97 Å². The molecule has 0 unspecified atom stereocenters. The zero-order chi connectivity index (χ0) is 17.1. The highest BCUT2D eigenvalue weighted by atomic mass is 35.5. The van der Waals surface area contributed by atoms with E-state index in [0.29, 0.717) is 5.56 Å². The molecule has 0 amide bonds. The summed E-state index contributed by atoms with van der Waals surface area (Å²) in [5.74, 6) is -1.02. The molecule has 4 nitrogen and oxygen atoms in total. The fraction of sp³-hybridized carbons (Fsp3) is 0.278. The minimum absolute atomic E-state index is 0.0950. The Morgan fingerprint density at radius 3 is 2.58 bits per heavy atom. The van der Waals surface area contributed by atoms with Gasteiger partial charge in [0.2, 0.25) is 0 Å². The van der Waals surface area contributed by atoms with Crippen molar-refractivity contribution in [1.29, 1.82) is 0 Å². The third-order valence-corrected chi connectivity index (χ3v) is 4.53. The van der Waals surface area contributed by atoms with Gasteiger partial charge < -0.3 is 4.74 Å². The molecule has 0 bridgehead atoms. The maximum atomic E-state index is 12.3. The molecule has 0 fully saturated rings. The van der Waals surface area contributed by atoms with E-state index >= 15 is 0 Å². The molecule has 1 aromatic carbocycles. The summed E-state index contributed by atoms with van der Waals surface area (Å²) in [6.07, 6.45) is 4.36. The minimum atomic E-state index is -0.770. The van der Waals surface area contributed by atoms with Crippen LogP contribution in [0.25, 0.3) is 0 Å². The van der Waals surface area contributed by atoms with Crippen LogP contribution in [0, 0.1) is 0 Å². The Hall–Kier alpha value is -1.91. The third kappa shape index (κ3) is 3.77. The molecule has 0 saturated heterocycles. The molecule has 1 aromatic heterocycles. The van der Waals surface area contributed by atoms with E-state index in [4.69, 9.17) is 27.9 Å². The Labute approximate surface area is 149 Å². The van der Waals surface area contributed by atoms with Crippen LogP contribution in [-0.2, 0) is 17.6 Å². The van der Waals surface area contributed by atoms with Crippen LogP contribution in [-0.4, -0.2) is 23.3 Å².